The fourth-order valence-electron chi connectivity index (χ4n) is 1.04. The third-order valence-corrected chi connectivity index (χ3v) is 1.97. The first-order chi connectivity index (χ1) is 8.54. The van der Waals surface area contributed by atoms with Crippen LogP contribution in [0.1, 0.15) is 72.1 Å². The first-order valence-electron chi connectivity index (χ1n) is 6.64. The number of carbonyl (C=O) groups excluding carboxylic acids is 2. The Morgan fingerprint density at radius 2 is 1.05 bits per heavy atom. The maximum atomic E-state index is 9.76. The van der Waals surface area contributed by atoms with Crippen molar-refractivity contribution < 1.29 is 37.2 Å². The van der Waals surface area contributed by atoms with Gasteiger partial charge in [0.25, 0.3) is 0 Å². The van der Waals surface area contributed by atoms with E-state index in [2.05, 4.69) is 6.92 Å². The van der Waals surface area contributed by atoms with Crippen molar-refractivity contribution in [3.8, 4) is 0 Å². The molecule has 4 nitrogen and oxygen atoms in total. The van der Waals surface area contributed by atoms with Gasteiger partial charge in [-0.1, -0.05) is 39.5 Å². The second kappa shape index (κ2) is 26.1. The summed E-state index contributed by atoms with van der Waals surface area (Å²) in [6.45, 7) is 9.07. The SMILES string of the molecule is CCCCCC(=O)[O-].CCCCCC(=O)[O-].[CH2-]C.[Cr+3]. The van der Waals surface area contributed by atoms with Crippen LogP contribution in [0.15, 0.2) is 0 Å². The molecule has 0 aromatic rings. The number of rotatable bonds is 8. The molecule has 19 heavy (non-hydrogen) atoms. The Morgan fingerprint density at radius 1 is 0.789 bits per heavy atom. The van der Waals surface area contributed by atoms with Crippen LogP contribution in [0.4, 0.5) is 0 Å². The predicted octanol–water partition coefficient (Wildman–Crippen LogP) is 1.47. The van der Waals surface area contributed by atoms with Crippen molar-refractivity contribution in [1.82, 2.24) is 0 Å². The molecule has 0 saturated heterocycles. The Morgan fingerprint density at radius 3 is 1.21 bits per heavy atom. The van der Waals surface area contributed by atoms with Crippen LogP contribution in [0.3, 0.4) is 0 Å². The van der Waals surface area contributed by atoms with E-state index in [1.807, 2.05) is 13.8 Å². The van der Waals surface area contributed by atoms with Gasteiger partial charge in [0.2, 0.25) is 0 Å². The summed E-state index contributed by atoms with van der Waals surface area (Å²) in [7, 11) is 0. The number of hydrogen-bond acceptors (Lipinski definition) is 4. The molecule has 0 unspecified atom stereocenters. The molecule has 0 atom stereocenters. The minimum atomic E-state index is -0.932. The number of carbonyl (C=O) groups is 2. The van der Waals surface area contributed by atoms with Crippen molar-refractivity contribution >= 4 is 11.9 Å². The number of carboxylic acids is 2. The number of unbranched alkanes of at least 4 members (excludes halogenated alkanes) is 4. The zero-order chi connectivity index (χ0) is 14.8. The van der Waals surface area contributed by atoms with Crippen LogP contribution < -0.4 is 10.2 Å². The summed E-state index contributed by atoms with van der Waals surface area (Å²) >= 11 is 0. The molecule has 0 bridgehead atoms. The molecule has 0 aliphatic heterocycles. The second-order valence-electron chi connectivity index (χ2n) is 3.66. The smallest absolute Gasteiger partial charge is 0.550 e. The Labute approximate surface area is 128 Å². The van der Waals surface area contributed by atoms with E-state index in [4.69, 9.17) is 0 Å². The Hall–Kier alpha value is -0.528. The van der Waals surface area contributed by atoms with Gasteiger partial charge in [0.05, 0.1) is 0 Å². The molecular weight excluding hydrogens is 284 g/mol. The zero-order valence-corrected chi connectivity index (χ0v) is 13.7. The van der Waals surface area contributed by atoms with Gasteiger partial charge in [-0.2, -0.15) is 6.92 Å². The van der Waals surface area contributed by atoms with E-state index >= 15 is 0 Å². The van der Waals surface area contributed by atoms with E-state index in [1.165, 1.54) is 0 Å². The van der Waals surface area contributed by atoms with Gasteiger partial charge in [0.1, 0.15) is 0 Å². The van der Waals surface area contributed by atoms with E-state index in [9.17, 15) is 19.8 Å². The number of hydrogen-bond donors (Lipinski definition) is 0. The third kappa shape index (κ3) is 46.6. The summed E-state index contributed by atoms with van der Waals surface area (Å²) < 4.78 is 0. The van der Waals surface area contributed by atoms with Gasteiger partial charge in [-0.15, -0.1) is 0 Å². The molecular formula is C14H27CrO4. The first-order valence-corrected chi connectivity index (χ1v) is 6.64. The van der Waals surface area contributed by atoms with E-state index in [-0.39, 0.29) is 30.2 Å². The minimum Gasteiger partial charge on any atom is -0.550 e. The molecule has 0 aromatic carbocycles. The van der Waals surface area contributed by atoms with E-state index in [0.717, 1.165) is 38.5 Å². The quantitative estimate of drug-likeness (QED) is 0.502. The zero-order valence-electron chi connectivity index (χ0n) is 12.4. The molecule has 0 aliphatic rings. The van der Waals surface area contributed by atoms with E-state index < -0.39 is 11.9 Å². The van der Waals surface area contributed by atoms with Gasteiger partial charge < -0.3 is 26.7 Å². The molecule has 0 saturated carbocycles. The first kappa shape index (κ1) is 26.9. The van der Waals surface area contributed by atoms with Gasteiger partial charge in [-0.25, -0.2) is 0 Å². The Bertz CT molecular complexity index is 164. The Balaban J connectivity index is -0.0000000999. The van der Waals surface area contributed by atoms with Crippen LogP contribution in [0.5, 0.6) is 0 Å². The van der Waals surface area contributed by atoms with Gasteiger partial charge in [-0.05, 0) is 25.7 Å². The maximum absolute atomic E-state index is 9.76. The van der Waals surface area contributed by atoms with Crippen LogP contribution in [0.2, 0.25) is 0 Å². The van der Waals surface area contributed by atoms with Gasteiger partial charge >= 0.3 is 17.4 Å². The van der Waals surface area contributed by atoms with Crippen LogP contribution in [-0.2, 0) is 27.0 Å². The van der Waals surface area contributed by atoms with Crippen molar-refractivity contribution in [1.29, 1.82) is 0 Å². The average molecular weight is 311 g/mol. The summed E-state index contributed by atoms with van der Waals surface area (Å²) in [5.41, 5.74) is 0. The largest absolute Gasteiger partial charge is 3.00 e. The second-order valence-corrected chi connectivity index (χ2v) is 3.66. The summed E-state index contributed by atoms with van der Waals surface area (Å²) in [5, 5.41) is 19.5. The maximum Gasteiger partial charge on any atom is 3.00 e. The third-order valence-electron chi connectivity index (χ3n) is 1.97. The van der Waals surface area contributed by atoms with Crippen LogP contribution in [0.25, 0.3) is 0 Å². The van der Waals surface area contributed by atoms with Gasteiger partial charge in [0, 0.05) is 11.9 Å². The summed E-state index contributed by atoms with van der Waals surface area (Å²) in [6.07, 6.45) is 6.07. The molecule has 0 N–H and O–H groups in total. The fraction of sp³-hybridized carbons (Fsp3) is 0.786. The van der Waals surface area contributed by atoms with E-state index in [0.29, 0.717) is 0 Å². The monoisotopic (exact) mass is 311 g/mol. The molecule has 0 heterocycles. The van der Waals surface area contributed by atoms with Gasteiger partial charge in [-0.3, -0.25) is 0 Å². The summed E-state index contributed by atoms with van der Waals surface area (Å²) in [6, 6.07) is 0. The summed E-state index contributed by atoms with van der Waals surface area (Å²) in [4.78, 5) is 19.5. The van der Waals surface area contributed by atoms with Crippen molar-refractivity contribution in [2.45, 2.75) is 72.1 Å². The average Bonchev–Trinajstić information content (AvgIpc) is 2.32. The summed E-state index contributed by atoms with van der Waals surface area (Å²) in [5.74, 6) is -1.86. The molecule has 0 aliphatic carbocycles. The molecule has 0 aromatic heterocycles. The molecule has 0 amide bonds. The van der Waals surface area contributed by atoms with Gasteiger partial charge in [0.15, 0.2) is 0 Å². The molecule has 0 rings (SSSR count). The normalized spacial score (nSPS) is 8.00. The minimum absolute atomic E-state index is 0. The number of carboxylic acid groups (broad SMARTS) is 2. The molecule has 113 valence electrons. The van der Waals surface area contributed by atoms with Crippen LogP contribution >= 0.6 is 0 Å². The number of aliphatic carboxylic acids is 2. The predicted molar refractivity (Wildman–Crippen MR) is 69.3 cm³/mol. The van der Waals surface area contributed by atoms with E-state index in [1.54, 1.807) is 6.92 Å². The topological polar surface area (TPSA) is 80.3 Å². The molecule has 0 fully saturated rings. The van der Waals surface area contributed by atoms with Crippen molar-refractivity contribution in [2.75, 3.05) is 0 Å². The van der Waals surface area contributed by atoms with Crippen molar-refractivity contribution in [2.24, 2.45) is 0 Å². The standard InChI is InChI=1S/2C6H12O2.C2H5.Cr/c2*1-2-3-4-5-6(7)8;1-2;/h2*2-5H2,1H3,(H,7,8);1H2,2H3;/q;;-1;+3/p-2. The molecule has 5 heteroatoms. The van der Waals surface area contributed by atoms with Crippen molar-refractivity contribution in [3.05, 3.63) is 6.92 Å². The van der Waals surface area contributed by atoms with Crippen molar-refractivity contribution in [3.63, 3.8) is 0 Å². The molecule has 1 radical (unpaired) electrons. The van der Waals surface area contributed by atoms with Crippen LogP contribution in [0, 0.1) is 6.92 Å². The Kier molecular flexibility index (Phi) is 37.0. The fourth-order valence-corrected chi connectivity index (χ4v) is 1.04. The van der Waals surface area contributed by atoms with Crippen LogP contribution in [-0.4, -0.2) is 11.9 Å². The molecule has 0 spiro atoms.